The molecule has 1 aromatic rings. The van der Waals surface area contributed by atoms with Gasteiger partial charge in [0, 0.05) is 24.6 Å². The number of phenols is 1. The molecule has 4 fully saturated rings. The van der Waals surface area contributed by atoms with Crippen LogP contribution in [-0.2, 0) is 19.8 Å². The Hall–Kier alpha value is -1.89. The summed E-state index contributed by atoms with van der Waals surface area (Å²) < 4.78 is 6.29. The minimum absolute atomic E-state index is 0.0809. The van der Waals surface area contributed by atoms with E-state index in [1.807, 2.05) is 6.07 Å². The lowest BCUT2D eigenvalue weighted by Gasteiger charge is -2.42. The van der Waals surface area contributed by atoms with Gasteiger partial charge in [-0.25, -0.2) is 0 Å². The lowest BCUT2D eigenvalue weighted by molar-refractivity contribution is -0.137. The first-order valence-electron chi connectivity index (χ1n) is 9.32. The van der Waals surface area contributed by atoms with Gasteiger partial charge in [-0.3, -0.25) is 9.63 Å². The van der Waals surface area contributed by atoms with Gasteiger partial charge in [0.25, 0.3) is 5.91 Å². The number of phenolic OH excluding ortho intramolecular Hbond substituents is 1. The zero-order chi connectivity index (χ0) is 18.1. The highest BCUT2D eigenvalue weighted by Gasteiger charge is 2.63. The number of rotatable bonds is 1. The van der Waals surface area contributed by atoms with Gasteiger partial charge in [0.15, 0.2) is 0 Å². The van der Waals surface area contributed by atoms with Crippen LogP contribution in [0, 0.1) is 11.8 Å². The van der Waals surface area contributed by atoms with Gasteiger partial charge < -0.3 is 15.2 Å². The fraction of sp³-hybridized carbons (Fsp3) is 0.550. The molecule has 26 heavy (non-hydrogen) atoms. The summed E-state index contributed by atoms with van der Waals surface area (Å²) in [6.07, 6.45) is 3.59. The summed E-state index contributed by atoms with van der Waals surface area (Å²) in [7, 11) is 1.49. The van der Waals surface area contributed by atoms with Crippen LogP contribution in [0.4, 0.5) is 5.69 Å². The molecule has 0 radical (unpaired) electrons. The number of hydrogen-bond acceptors (Lipinski definition) is 5. The number of allylic oxidation sites excluding steroid dienone is 1. The molecule has 3 saturated heterocycles. The average Bonchev–Trinajstić information content (AvgIpc) is 2.74. The molecule has 5 atom stereocenters. The number of ether oxygens (including phenoxy) is 1. The monoisotopic (exact) mass is 356 g/mol. The van der Waals surface area contributed by atoms with Gasteiger partial charge in [-0.05, 0) is 37.3 Å². The Morgan fingerprint density at radius 2 is 2.31 bits per heavy atom. The predicted molar refractivity (Wildman–Crippen MR) is 95.8 cm³/mol. The summed E-state index contributed by atoms with van der Waals surface area (Å²) in [6, 6.07) is 5.36. The molecule has 1 aliphatic carbocycles. The summed E-state index contributed by atoms with van der Waals surface area (Å²) in [5.41, 5.74) is 2.21. The maximum Gasteiger partial charge on any atom is 0.264 e. The van der Waals surface area contributed by atoms with Crippen molar-refractivity contribution in [3.05, 3.63) is 35.4 Å². The minimum atomic E-state index is -0.761. The number of anilines is 1. The molecule has 138 valence electrons. The van der Waals surface area contributed by atoms with Crippen LogP contribution in [0.5, 0.6) is 5.75 Å². The maximum absolute atomic E-state index is 13.6. The Labute approximate surface area is 152 Å². The molecule has 1 amide bonds. The summed E-state index contributed by atoms with van der Waals surface area (Å²) in [4.78, 5) is 19.0. The van der Waals surface area contributed by atoms with Crippen LogP contribution < -0.4 is 10.4 Å². The largest absolute Gasteiger partial charge is 0.508 e. The van der Waals surface area contributed by atoms with Crippen LogP contribution in [0.15, 0.2) is 29.8 Å². The molecule has 4 bridgehead atoms. The summed E-state index contributed by atoms with van der Waals surface area (Å²) >= 11 is 0. The second kappa shape index (κ2) is 5.55. The zero-order valence-corrected chi connectivity index (χ0v) is 15.1. The Morgan fingerprint density at radius 1 is 1.46 bits per heavy atom. The molecule has 4 heterocycles. The van der Waals surface area contributed by atoms with Crippen molar-refractivity contribution in [1.82, 2.24) is 5.32 Å². The minimum Gasteiger partial charge on any atom is -0.508 e. The number of nitrogens with zero attached hydrogens (tertiary/aromatic N) is 1. The van der Waals surface area contributed by atoms with Gasteiger partial charge in [0.05, 0.1) is 25.5 Å². The number of benzene rings is 1. The molecule has 0 aromatic heterocycles. The fourth-order valence-corrected chi connectivity index (χ4v) is 5.69. The molecule has 6 rings (SSSR count). The zero-order valence-electron chi connectivity index (χ0n) is 15.1. The van der Waals surface area contributed by atoms with Crippen molar-refractivity contribution in [2.24, 2.45) is 11.8 Å². The Morgan fingerprint density at radius 3 is 3.08 bits per heavy atom. The molecule has 5 aliphatic rings. The van der Waals surface area contributed by atoms with Gasteiger partial charge in [-0.2, -0.15) is 5.06 Å². The highest BCUT2D eigenvalue weighted by atomic mass is 16.7. The van der Waals surface area contributed by atoms with Crippen molar-refractivity contribution >= 4 is 11.6 Å². The van der Waals surface area contributed by atoms with E-state index in [4.69, 9.17) is 9.57 Å². The standard InChI is InChI=1S/C20H24N2O4/c1-3-11-9-21-16-8-20(18-7-13(11)14(16)10-26-18)15-5-4-12(23)6-17(15)22(25-2)19(20)24/h3-6,13-14,16,18,21,23H,7-10H2,1-2H3/b11-3-/t13-,14?,16?,18-,20-/m0/s1. The number of amides is 1. The highest BCUT2D eigenvalue weighted by molar-refractivity contribution is 6.07. The van der Waals surface area contributed by atoms with Gasteiger partial charge in [0.1, 0.15) is 11.2 Å². The molecule has 6 nitrogen and oxygen atoms in total. The fourth-order valence-electron chi connectivity index (χ4n) is 5.69. The van der Waals surface area contributed by atoms with E-state index >= 15 is 0 Å². The normalized spacial score (nSPS) is 39.5. The Balaban J connectivity index is 1.69. The van der Waals surface area contributed by atoms with E-state index in [1.54, 1.807) is 12.1 Å². The molecule has 1 aromatic carbocycles. The molecule has 1 saturated carbocycles. The first-order chi connectivity index (χ1) is 12.6. The lowest BCUT2D eigenvalue weighted by atomic mass is 9.72. The smallest absolute Gasteiger partial charge is 0.264 e. The van der Waals surface area contributed by atoms with Crippen molar-refractivity contribution < 1.29 is 19.5 Å². The highest BCUT2D eigenvalue weighted by Crippen LogP contribution is 2.56. The molecule has 2 unspecified atom stereocenters. The van der Waals surface area contributed by atoms with E-state index in [2.05, 4.69) is 18.3 Å². The van der Waals surface area contributed by atoms with Crippen molar-refractivity contribution in [1.29, 1.82) is 0 Å². The van der Waals surface area contributed by atoms with Crippen LogP contribution in [0.2, 0.25) is 0 Å². The van der Waals surface area contributed by atoms with Gasteiger partial charge >= 0.3 is 0 Å². The number of piperidine rings is 1. The third-order valence-electron chi connectivity index (χ3n) is 6.93. The third kappa shape index (κ3) is 1.89. The predicted octanol–water partition coefficient (Wildman–Crippen LogP) is 1.88. The van der Waals surface area contributed by atoms with Crippen molar-refractivity contribution in [3.63, 3.8) is 0 Å². The van der Waals surface area contributed by atoms with E-state index in [9.17, 15) is 9.90 Å². The number of aromatic hydroxyl groups is 1. The van der Waals surface area contributed by atoms with Crippen LogP contribution in [0.1, 0.15) is 25.3 Å². The van der Waals surface area contributed by atoms with E-state index in [0.29, 0.717) is 30.6 Å². The lowest BCUT2D eigenvalue weighted by Crippen LogP contribution is -2.50. The molecular weight excluding hydrogens is 332 g/mol. The van der Waals surface area contributed by atoms with Crippen molar-refractivity contribution in [2.45, 2.75) is 37.3 Å². The van der Waals surface area contributed by atoms with Crippen molar-refractivity contribution in [3.8, 4) is 5.75 Å². The van der Waals surface area contributed by atoms with E-state index in [-0.39, 0.29) is 23.8 Å². The van der Waals surface area contributed by atoms with Gasteiger partial charge in [-0.1, -0.05) is 17.7 Å². The average molecular weight is 356 g/mol. The Bertz CT molecular complexity index is 807. The second-order valence-electron chi connectivity index (χ2n) is 7.84. The maximum atomic E-state index is 13.6. The summed E-state index contributed by atoms with van der Waals surface area (Å²) in [5, 5.41) is 14.9. The van der Waals surface area contributed by atoms with E-state index < -0.39 is 5.41 Å². The van der Waals surface area contributed by atoms with Gasteiger partial charge in [0.2, 0.25) is 0 Å². The third-order valence-corrected chi connectivity index (χ3v) is 6.93. The summed E-state index contributed by atoms with van der Waals surface area (Å²) in [6.45, 7) is 3.66. The SMILES string of the molecule is C/C=C1/CNC2C[C@@]3(C(=O)N(OC)c4cc(O)ccc43)[C@@H]3C[C@@H]1C2CO3. The van der Waals surface area contributed by atoms with Crippen LogP contribution >= 0.6 is 0 Å². The molecule has 6 heteroatoms. The topological polar surface area (TPSA) is 71.0 Å². The Kier molecular flexibility index (Phi) is 3.48. The second-order valence-corrected chi connectivity index (χ2v) is 7.84. The quantitative estimate of drug-likeness (QED) is 0.752. The number of nitrogens with one attached hydrogen (secondary N) is 1. The first kappa shape index (κ1) is 16.3. The molecule has 1 spiro atoms. The molecule has 2 N–H and O–H groups in total. The summed E-state index contributed by atoms with van der Waals surface area (Å²) in [5.74, 6) is 0.912. The van der Waals surface area contributed by atoms with Crippen LogP contribution in [0.3, 0.4) is 0 Å². The van der Waals surface area contributed by atoms with E-state index in [0.717, 1.165) is 18.5 Å². The molecular formula is C20H24N2O4. The van der Waals surface area contributed by atoms with Crippen LogP contribution in [0.25, 0.3) is 0 Å². The number of carbonyl (C=O) groups excluding carboxylic acids is 1. The first-order valence-corrected chi connectivity index (χ1v) is 9.32. The number of carbonyl (C=O) groups is 1. The van der Waals surface area contributed by atoms with Crippen molar-refractivity contribution in [2.75, 3.05) is 25.3 Å². The number of fused-ring (bicyclic) bond motifs is 2. The van der Waals surface area contributed by atoms with Gasteiger partial charge in [-0.15, -0.1) is 0 Å². The van der Waals surface area contributed by atoms with Crippen LogP contribution in [-0.4, -0.2) is 43.4 Å². The number of hydrogen-bond donors (Lipinski definition) is 2. The number of hydroxylamine groups is 1. The molecule has 4 aliphatic heterocycles. The van der Waals surface area contributed by atoms with E-state index in [1.165, 1.54) is 17.7 Å².